The molecule has 2 rings (SSSR count). The molecule has 1 aromatic heterocycles. The highest BCUT2D eigenvalue weighted by molar-refractivity contribution is 7.66. The molecule has 0 bridgehead atoms. The minimum atomic E-state index is -5.77. The maximum Gasteiger partial charge on any atom is 0.490 e. The number of ketones is 1. The Morgan fingerprint density at radius 3 is 2.18 bits per heavy atom. The first kappa shape index (κ1) is 44.5. The number of hydrogen-bond acceptors (Lipinski definition) is 17. The van der Waals surface area contributed by atoms with E-state index in [0.29, 0.717) is 33.0 Å². The van der Waals surface area contributed by atoms with Gasteiger partial charge in [0.05, 0.1) is 71.3 Å². The van der Waals surface area contributed by atoms with Gasteiger partial charge in [-0.15, -0.1) is 0 Å². The third kappa shape index (κ3) is 18.1. The molecule has 1 saturated heterocycles. The molecule has 28 heteroatoms. The lowest BCUT2D eigenvalue weighted by atomic mass is 10.1. The summed E-state index contributed by atoms with van der Waals surface area (Å²) in [6, 6.07) is 0. The van der Waals surface area contributed by atoms with Gasteiger partial charge in [-0.3, -0.25) is 23.7 Å². The van der Waals surface area contributed by atoms with Gasteiger partial charge in [-0.25, -0.2) is 18.5 Å². The normalized spacial score (nSPS) is 20.4. The fraction of sp³-hybridized carbons (Fsp3) is 0.696. The van der Waals surface area contributed by atoms with E-state index in [1.54, 1.807) is 0 Å². The quantitative estimate of drug-likeness (QED) is 0.0151. The minimum absolute atomic E-state index is 0.0321. The third-order valence-corrected chi connectivity index (χ3v) is 10.0. The summed E-state index contributed by atoms with van der Waals surface area (Å²) in [5, 5.41) is 13.7. The lowest BCUT2D eigenvalue weighted by Gasteiger charge is -2.19. The lowest BCUT2D eigenvalue weighted by Crippen LogP contribution is -2.34. The van der Waals surface area contributed by atoms with Crippen LogP contribution in [-0.4, -0.2) is 118 Å². The van der Waals surface area contributed by atoms with Gasteiger partial charge in [0.1, 0.15) is 12.3 Å². The predicted octanol–water partition coefficient (Wildman–Crippen LogP) is -0.751. The molecule has 1 aliphatic heterocycles. The summed E-state index contributed by atoms with van der Waals surface area (Å²) < 4.78 is 73.4. The zero-order chi connectivity index (χ0) is 38.1. The first-order chi connectivity index (χ1) is 23.9. The second-order valence-electron chi connectivity index (χ2n) is 10.1. The molecule has 0 radical (unpaired) electrons. The molecular formula is C23H39N6O19P3. The number of carbonyl (C=O) groups is 1. The second-order valence-corrected chi connectivity index (χ2v) is 14.5. The van der Waals surface area contributed by atoms with Gasteiger partial charge in [0.25, 0.3) is 5.56 Å². The molecule has 25 nitrogen and oxygen atoms in total. The Morgan fingerprint density at radius 1 is 1.00 bits per heavy atom. The van der Waals surface area contributed by atoms with Crippen LogP contribution in [0.2, 0.25) is 0 Å². The van der Waals surface area contributed by atoms with Gasteiger partial charge in [-0.1, -0.05) is 11.2 Å². The van der Waals surface area contributed by atoms with Crippen LogP contribution >= 0.6 is 23.5 Å². The van der Waals surface area contributed by atoms with Gasteiger partial charge in [0.15, 0.2) is 5.78 Å². The molecule has 1 aromatic rings. The van der Waals surface area contributed by atoms with Crippen molar-refractivity contribution in [2.45, 2.75) is 37.7 Å². The molecule has 1 fully saturated rings. The van der Waals surface area contributed by atoms with Crippen molar-refractivity contribution < 1.29 is 80.0 Å². The van der Waals surface area contributed by atoms with Crippen molar-refractivity contribution in [3.63, 3.8) is 0 Å². The highest BCUT2D eigenvalue weighted by atomic mass is 31.3. The second kappa shape index (κ2) is 21.8. The number of ether oxygens (including phenoxy) is 5. The van der Waals surface area contributed by atoms with Crippen LogP contribution < -0.4 is 17.0 Å². The Kier molecular flexibility index (Phi) is 19.0. The van der Waals surface area contributed by atoms with Crippen LogP contribution in [0.15, 0.2) is 32.7 Å². The molecule has 290 valence electrons. The fourth-order valence-corrected chi connectivity index (χ4v) is 6.98. The van der Waals surface area contributed by atoms with Crippen molar-refractivity contribution in [2.24, 2.45) is 10.8 Å². The SMILES string of the molecule is [N-]=[N+]=NCCOCCOCCOCCOCCC(=O)C(N)=CCc1cn([C@H]2C[C@H](O)[C@@H](COP(=O)(O)OP(=O)(O)OP(=O)(O)O)O2)c(=O)[nH]c1=O. The Labute approximate surface area is 288 Å². The molecule has 0 aliphatic carbocycles. The molecule has 0 spiro atoms. The third-order valence-electron chi connectivity index (χ3n) is 6.23. The number of phosphoric ester groups is 1. The standard InChI is InChI=1S/C23H39N6O19P3/c24-17(18(30)3-5-41-7-9-43-11-12-44-10-8-42-6-4-26-28-25)2-1-16-14-29(23(33)27-22(16)32)21-13-19(31)20(46-21)15-45-50(37,38)48-51(39,40)47-49(34,35)36/h2,14,19-21,31H,1,3-13,15,24H2,(H,37,38)(H,39,40)(H,27,32,33)(H2,34,35,36)/t19-,20+,21+/m0/s1. The van der Waals surface area contributed by atoms with E-state index in [-0.39, 0.29) is 56.9 Å². The van der Waals surface area contributed by atoms with E-state index in [1.807, 2.05) is 0 Å². The molecule has 0 aromatic carbocycles. The van der Waals surface area contributed by atoms with Crippen LogP contribution in [0.5, 0.6) is 0 Å². The Bertz CT molecular complexity index is 1630. The Hall–Kier alpha value is -2.63. The summed E-state index contributed by atoms with van der Waals surface area (Å²) in [5.41, 5.74) is 12.0. The molecule has 1 aliphatic rings. The van der Waals surface area contributed by atoms with Gasteiger partial charge in [0.2, 0.25) is 0 Å². The number of H-pyrrole nitrogens is 1. The number of aliphatic hydroxyl groups is 1. The summed E-state index contributed by atoms with van der Waals surface area (Å²) in [7, 11) is -16.9. The number of aromatic amines is 1. The number of aromatic nitrogens is 2. The molecule has 2 heterocycles. The van der Waals surface area contributed by atoms with Crippen molar-refractivity contribution in [2.75, 3.05) is 66.0 Å². The maximum atomic E-state index is 12.5. The number of Topliss-reactive ketones (excluding diaryl/α,β-unsaturated/α-hetero) is 1. The van der Waals surface area contributed by atoms with Crippen LogP contribution in [0.3, 0.4) is 0 Å². The summed E-state index contributed by atoms with van der Waals surface area (Å²) >= 11 is 0. The first-order valence-corrected chi connectivity index (χ1v) is 19.2. The van der Waals surface area contributed by atoms with Gasteiger partial charge in [-0.05, 0) is 12.0 Å². The topological polar surface area (TPSA) is 373 Å². The van der Waals surface area contributed by atoms with Crippen molar-refractivity contribution in [1.29, 1.82) is 0 Å². The number of phosphoric acid groups is 3. The number of nitrogens with zero attached hydrogens (tertiary/aromatic N) is 4. The van der Waals surface area contributed by atoms with Crippen LogP contribution in [0.25, 0.3) is 10.4 Å². The molecular weight excluding hydrogens is 757 g/mol. The van der Waals surface area contributed by atoms with Gasteiger partial charge in [0, 0.05) is 36.1 Å². The predicted molar refractivity (Wildman–Crippen MR) is 169 cm³/mol. The minimum Gasteiger partial charge on any atom is -0.396 e. The molecule has 2 unspecified atom stereocenters. The maximum absolute atomic E-state index is 12.5. The van der Waals surface area contributed by atoms with E-state index in [0.717, 1.165) is 10.8 Å². The van der Waals surface area contributed by atoms with E-state index >= 15 is 0 Å². The van der Waals surface area contributed by atoms with Crippen molar-refractivity contribution in [1.82, 2.24) is 9.55 Å². The van der Waals surface area contributed by atoms with E-state index in [9.17, 15) is 43.0 Å². The van der Waals surface area contributed by atoms with Crippen molar-refractivity contribution in [3.05, 3.63) is 54.8 Å². The Balaban J connectivity index is 1.78. The van der Waals surface area contributed by atoms with Crippen LogP contribution in [0, 0.1) is 0 Å². The van der Waals surface area contributed by atoms with E-state index in [1.165, 1.54) is 6.08 Å². The largest absolute Gasteiger partial charge is 0.490 e. The molecule has 51 heavy (non-hydrogen) atoms. The summed E-state index contributed by atoms with van der Waals surface area (Å²) in [4.78, 5) is 78.0. The average Bonchev–Trinajstić information content (AvgIpc) is 3.39. The average molecular weight is 797 g/mol. The number of nitrogens with one attached hydrogen (secondary N) is 1. The monoisotopic (exact) mass is 796 g/mol. The summed E-state index contributed by atoms with van der Waals surface area (Å²) in [6.07, 6.45) is -2.36. The lowest BCUT2D eigenvalue weighted by molar-refractivity contribution is -0.116. The van der Waals surface area contributed by atoms with Gasteiger partial charge in [-0.2, -0.15) is 8.62 Å². The summed E-state index contributed by atoms with van der Waals surface area (Å²) in [6.45, 7) is 1.41. The van der Waals surface area contributed by atoms with Gasteiger partial charge >= 0.3 is 29.2 Å². The van der Waals surface area contributed by atoms with Crippen LogP contribution in [-0.2, 0) is 61.7 Å². The van der Waals surface area contributed by atoms with E-state index < -0.39 is 65.5 Å². The number of carbonyl (C=O) groups excluding carboxylic acids is 1. The highest BCUT2D eigenvalue weighted by Crippen LogP contribution is 2.66. The number of aliphatic hydroxyl groups excluding tert-OH is 1. The highest BCUT2D eigenvalue weighted by Gasteiger charge is 2.43. The first-order valence-electron chi connectivity index (χ1n) is 14.7. The molecule has 5 atom stereocenters. The molecule has 0 amide bonds. The number of hydrogen-bond donors (Lipinski definition) is 7. The van der Waals surface area contributed by atoms with Crippen molar-refractivity contribution in [3.8, 4) is 0 Å². The molecule has 8 N–H and O–H groups in total. The number of allylic oxidation sites excluding steroid dienone is 2. The van der Waals surface area contributed by atoms with Crippen molar-refractivity contribution >= 4 is 29.3 Å². The van der Waals surface area contributed by atoms with E-state index in [2.05, 4.69) is 28.2 Å². The summed E-state index contributed by atoms with van der Waals surface area (Å²) in [5.74, 6) is -0.475. The van der Waals surface area contributed by atoms with Gasteiger partial charge < -0.3 is 54.1 Å². The smallest absolute Gasteiger partial charge is 0.396 e. The van der Waals surface area contributed by atoms with E-state index in [4.69, 9.17) is 44.7 Å². The number of rotatable bonds is 26. The molecule has 0 saturated carbocycles. The number of azide groups is 1. The van der Waals surface area contributed by atoms with Crippen LogP contribution in [0.1, 0.15) is 24.6 Å². The fourth-order valence-electron chi connectivity index (χ4n) is 3.95. The zero-order valence-electron chi connectivity index (χ0n) is 26.7. The van der Waals surface area contributed by atoms with Crippen LogP contribution in [0.4, 0.5) is 0 Å². The number of nitrogens with two attached hydrogens (primary N) is 1. The zero-order valence-corrected chi connectivity index (χ0v) is 29.4. The Morgan fingerprint density at radius 2 is 1.59 bits per heavy atom.